The molecule has 1 aliphatic rings. The SMILES string of the molecule is O=C1CC(CS(=O)(=O)Cl)CN1c1cccc2nccn12. The highest BCUT2D eigenvalue weighted by Gasteiger charge is 2.34. The largest absolute Gasteiger partial charge is 0.298 e. The van der Waals surface area contributed by atoms with Gasteiger partial charge >= 0.3 is 0 Å². The van der Waals surface area contributed by atoms with Crippen molar-refractivity contribution in [2.24, 2.45) is 5.92 Å². The highest BCUT2D eigenvalue weighted by Crippen LogP contribution is 2.27. The van der Waals surface area contributed by atoms with Gasteiger partial charge in [0.25, 0.3) is 0 Å². The van der Waals surface area contributed by atoms with E-state index in [-0.39, 0.29) is 24.0 Å². The Morgan fingerprint density at radius 1 is 1.40 bits per heavy atom. The number of anilines is 1. The van der Waals surface area contributed by atoms with E-state index in [2.05, 4.69) is 4.98 Å². The van der Waals surface area contributed by atoms with E-state index in [9.17, 15) is 13.2 Å². The third kappa shape index (κ3) is 2.51. The zero-order chi connectivity index (χ0) is 14.3. The summed E-state index contributed by atoms with van der Waals surface area (Å²) < 4.78 is 24.1. The lowest BCUT2D eigenvalue weighted by Gasteiger charge is -2.18. The molecule has 106 valence electrons. The predicted octanol–water partition coefficient (Wildman–Crippen LogP) is 1.26. The number of imidazole rings is 1. The van der Waals surface area contributed by atoms with Gasteiger partial charge in [0.05, 0.1) is 5.75 Å². The van der Waals surface area contributed by atoms with Crippen LogP contribution in [0, 0.1) is 5.92 Å². The molecular weight excluding hydrogens is 302 g/mol. The van der Waals surface area contributed by atoms with Gasteiger partial charge < -0.3 is 0 Å². The predicted molar refractivity (Wildman–Crippen MR) is 75.3 cm³/mol. The summed E-state index contributed by atoms with van der Waals surface area (Å²) >= 11 is 0. The van der Waals surface area contributed by atoms with E-state index in [1.54, 1.807) is 21.7 Å². The number of halogens is 1. The first-order chi connectivity index (χ1) is 9.44. The van der Waals surface area contributed by atoms with Gasteiger partial charge in [-0.2, -0.15) is 0 Å². The van der Waals surface area contributed by atoms with Gasteiger partial charge in [-0.05, 0) is 12.1 Å². The van der Waals surface area contributed by atoms with Crippen LogP contribution in [0.1, 0.15) is 6.42 Å². The fourth-order valence-corrected chi connectivity index (χ4v) is 3.87. The molecule has 6 nitrogen and oxygen atoms in total. The Kier molecular flexibility index (Phi) is 3.18. The average Bonchev–Trinajstić information content (AvgIpc) is 2.93. The summed E-state index contributed by atoms with van der Waals surface area (Å²) in [7, 11) is 1.67. The molecule has 8 heteroatoms. The molecule has 1 unspecified atom stereocenters. The summed E-state index contributed by atoms with van der Waals surface area (Å²) in [5, 5.41) is 0. The number of amides is 1. The minimum Gasteiger partial charge on any atom is -0.298 e. The minimum absolute atomic E-state index is 0.100. The third-order valence-electron chi connectivity index (χ3n) is 3.32. The van der Waals surface area contributed by atoms with Crippen LogP contribution in [0.15, 0.2) is 30.6 Å². The van der Waals surface area contributed by atoms with Crippen molar-refractivity contribution in [3.63, 3.8) is 0 Å². The van der Waals surface area contributed by atoms with E-state index in [0.717, 1.165) is 5.65 Å². The Bertz CT molecular complexity index is 771. The molecule has 2 aromatic heterocycles. The summed E-state index contributed by atoms with van der Waals surface area (Å²) in [6.07, 6.45) is 3.61. The molecule has 0 aliphatic carbocycles. The van der Waals surface area contributed by atoms with Crippen molar-refractivity contribution in [2.75, 3.05) is 17.2 Å². The number of hydrogen-bond donors (Lipinski definition) is 0. The average molecular weight is 314 g/mol. The minimum atomic E-state index is -3.59. The molecule has 0 bridgehead atoms. The lowest BCUT2D eigenvalue weighted by Crippen LogP contribution is -2.27. The molecule has 2 aromatic rings. The van der Waals surface area contributed by atoms with Crippen molar-refractivity contribution in [2.45, 2.75) is 6.42 Å². The molecule has 0 aromatic carbocycles. The second kappa shape index (κ2) is 4.75. The zero-order valence-corrected chi connectivity index (χ0v) is 12.0. The molecule has 0 spiro atoms. The Morgan fingerprint density at radius 3 is 2.95 bits per heavy atom. The van der Waals surface area contributed by atoms with Crippen molar-refractivity contribution >= 4 is 37.1 Å². The van der Waals surface area contributed by atoms with Crippen LogP contribution < -0.4 is 4.90 Å². The van der Waals surface area contributed by atoms with Crippen LogP contribution in [0.4, 0.5) is 5.82 Å². The first kappa shape index (κ1) is 13.4. The van der Waals surface area contributed by atoms with Crippen molar-refractivity contribution in [1.29, 1.82) is 0 Å². The maximum absolute atomic E-state index is 12.1. The first-order valence-corrected chi connectivity index (χ1v) is 8.57. The molecule has 1 fully saturated rings. The molecule has 3 heterocycles. The van der Waals surface area contributed by atoms with Gasteiger partial charge in [-0.3, -0.25) is 14.1 Å². The molecule has 1 aliphatic heterocycles. The van der Waals surface area contributed by atoms with Gasteiger partial charge in [0.2, 0.25) is 15.0 Å². The van der Waals surface area contributed by atoms with Crippen molar-refractivity contribution in [3.8, 4) is 0 Å². The van der Waals surface area contributed by atoms with Crippen molar-refractivity contribution in [1.82, 2.24) is 9.38 Å². The van der Waals surface area contributed by atoms with Crippen LogP contribution >= 0.6 is 10.7 Å². The number of nitrogens with zero attached hydrogens (tertiary/aromatic N) is 3. The molecular formula is C12H12ClN3O3S. The third-order valence-corrected chi connectivity index (χ3v) is 4.57. The van der Waals surface area contributed by atoms with Crippen molar-refractivity contribution < 1.29 is 13.2 Å². The van der Waals surface area contributed by atoms with Crippen LogP contribution in [0.3, 0.4) is 0 Å². The number of carbonyl (C=O) groups excluding carboxylic acids is 1. The van der Waals surface area contributed by atoms with Gasteiger partial charge in [0, 0.05) is 42.0 Å². The second-order valence-electron chi connectivity index (χ2n) is 4.82. The van der Waals surface area contributed by atoms with Crippen LogP contribution in [0.5, 0.6) is 0 Å². The first-order valence-electron chi connectivity index (χ1n) is 6.09. The number of hydrogen-bond acceptors (Lipinski definition) is 4. The molecule has 0 radical (unpaired) electrons. The van der Waals surface area contributed by atoms with E-state index in [0.29, 0.717) is 12.4 Å². The molecule has 0 saturated carbocycles. The quantitative estimate of drug-likeness (QED) is 0.800. The fourth-order valence-electron chi connectivity index (χ4n) is 2.55. The number of pyridine rings is 1. The highest BCUT2D eigenvalue weighted by atomic mass is 35.7. The summed E-state index contributed by atoms with van der Waals surface area (Å²) in [6, 6.07) is 5.46. The topological polar surface area (TPSA) is 71.8 Å². The summed E-state index contributed by atoms with van der Waals surface area (Å²) in [5.41, 5.74) is 0.740. The number of carbonyl (C=O) groups is 1. The molecule has 1 saturated heterocycles. The number of fused-ring (bicyclic) bond motifs is 1. The summed E-state index contributed by atoms with van der Waals surface area (Å²) in [5.74, 6) is 0.135. The number of aromatic nitrogens is 2. The van der Waals surface area contributed by atoms with E-state index in [1.807, 2.05) is 18.2 Å². The van der Waals surface area contributed by atoms with Gasteiger partial charge in [-0.25, -0.2) is 13.4 Å². The Balaban J connectivity index is 1.91. The Hall–Kier alpha value is -1.60. The molecule has 0 N–H and O–H groups in total. The molecule has 1 amide bonds. The lowest BCUT2D eigenvalue weighted by atomic mass is 10.1. The monoisotopic (exact) mass is 313 g/mol. The maximum Gasteiger partial charge on any atom is 0.232 e. The molecule has 1 atom stereocenters. The van der Waals surface area contributed by atoms with Gasteiger partial charge in [0.1, 0.15) is 11.5 Å². The van der Waals surface area contributed by atoms with Crippen molar-refractivity contribution in [3.05, 3.63) is 30.6 Å². The van der Waals surface area contributed by atoms with Crippen LogP contribution in [-0.4, -0.2) is 36.0 Å². The van der Waals surface area contributed by atoms with Crippen LogP contribution in [-0.2, 0) is 13.8 Å². The highest BCUT2D eigenvalue weighted by molar-refractivity contribution is 8.13. The molecule has 3 rings (SSSR count). The second-order valence-corrected chi connectivity index (χ2v) is 7.64. The van der Waals surface area contributed by atoms with Gasteiger partial charge in [-0.1, -0.05) is 6.07 Å². The van der Waals surface area contributed by atoms with E-state index in [4.69, 9.17) is 10.7 Å². The van der Waals surface area contributed by atoms with Crippen LogP contribution in [0.25, 0.3) is 5.65 Å². The fraction of sp³-hybridized carbons (Fsp3) is 0.333. The summed E-state index contributed by atoms with van der Waals surface area (Å²) in [4.78, 5) is 17.8. The maximum atomic E-state index is 12.1. The lowest BCUT2D eigenvalue weighted by molar-refractivity contribution is -0.117. The number of rotatable bonds is 3. The smallest absolute Gasteiger partial charge is 0.232 e. The van der Waals surface area contributed by atoms with E-state index < -0.39 is 9.05 Å². The van der Waals surface area contributed by atoms with E-state index >= 15 is 0 Å². The Labute approximate surface area is 120 Å². The molecule has 20 heavy (non-hydrogen) atoms. The Morgan fingerprint density at radius 2 is 2.20 bits per heavy atom. The normalized spacial score (nSPS) is 19.9. The van der Waals surface area contributed by atoms with Gasteiger partial charge in [0.15, 0.2) is 0 Å². The summed E-state index contributed by atoms with van der Waals surface area (Å²) in [6.45, 7) is 0.349. The van der Waals surface area contributed by atoms with Crippen LogP contribution in [0.2, 0.25) is 0 Å². The standard InChI is InChI=1S/C12H12ClN3O3S/c13-20(18,19)8-9-6-12(17)16(7-9)11-3-1-2-10-14-4-5-15(10)11/h1-5,9H,6-8H2. The van der Waals surface area contributed by atoms with E-state index in [1.165, 1.54) is 0 Å². The zero-order valence-electron chi connectivity index (χ0n) is 10.4. The van der Waals surface area contributed by atoms with Gasteiger partial charge in [-0.15, -0.1) is 0 Å².